The van der Waals surface area contributed by atoms with E-state index in [4.69, 9.17) is 38.0 Å². The van der Waals surface area contributed by atoms with E-state index in [1.54, 1.807) is 38.3 Å². The first kappa shape index (κ1) is 33.0. The molecule has 1 atom stereocenters. The third-order valence-corrected chi connectivity index (χ3v) is 8.30. The van der Waals surface area contributed by atoms with E-state index < -0.39 is 17.9 Å². The number of ether oxygens (including phenoxy) is 3. The number of carbonyl (C=O) groups is 2. The van der Waals surface area contributed by atoms with Crippen molar-refractivity contribution >= 4 is 92.2 Å². The molecule has 0 aromatic heterocycles. The Balaban J connectivity index is 1.38. The standard InChI is InChI=1S/C30H27ClI2N4O5S/c1-3-40-29(39)26-17(2)35-30(43)36-27(26)20-9-5-7-11-24(20)41-16-25(38)37-34-14-18-12-22(32)28(23(33)13-18)42-15-19-8-4-6-10-21(19)31/h4-14,27H,3,15-16H2,1-2H3,(H,37,38)(H2,35,36,43)/t27-/m1/s1. The highest BCUT2D eigenvalue weighted by atomic mass is 127. The third-order valence-electron chi connectivity index (χ3n) is 6.11. The van der Waals surface area contributed by atoms with Gasteiger partial charge in [0.05, 0.1) is 31.6 Å². The van der Waals surface area contributed by atoms with Gasteiger partial charge in [-0.2, -0.15) is 5.10 Å². The molecular weight excluding hydrogens is 818 g/mol. The number of thiocarbonyl (C=S) groups is 1. The lowest BCUT2D eigenvalue weighted by atomic mass is 9.95. The Morgan fingerprint density at radius 1 is 1.09 bits per heavy atom. The van der Waals surface area contributed by atoms with Gasteiger partial charge < -0.3 is 24.8 Å². The topological polar surface area (TPSA) is 110 Å². The van der Waals surface area contributed by atoms with Crippen molar-refractivity contribution in [3.05, 3.63) is 101 Å². The maximum absolute atomic E-state index is 12.7. The molecule has 13 heteroatoms. The summed E-state index contributed by atoms with van der Waals surface area (Å²) in [5.74, 6) is 0.226. The van der Waals surface area contributed by atoms with Gasteiger partial charge in [0.2, 0.25) is 0 Å². The minimum atomic E-state index is -0.619. The number of para-hydroxylation sites is 1. The molecule has 1 amide bonds. The Morgan fingerprint density at radius 3 is 2.51 bits per heavy atom. The molecular formula is C30H27ClI2N4O5S. The predicted octanol–water partition coefficient (Wildman–Crippen LogP) is 6.01. The van der Waals surface area contributed by atoms with Gasteiger partial charge in [-0.1, -0.05) is 48.0 Å². The van der Waals surface area contributed by atoms with Crippen LogP contribution in [0, 0.1) is 7.14 Å². The number of halogens is 3. The van der Waals surface area contributed by atoms with Gasteiger partial charge >= 0.3 is 5.97 Å². The summed E-state index contributed by atoms with van der Waals surface area (Å²) in [4.78, 5) is 25.3. The van der Waals surface area contributed by atoms with E-state index in [0.717, 1.165) is 24.0 Å². The number of nitrogens with one attached hydrogen (secondary N) is 3. The maximum atomic E-state index is 12.7. The van der Waals surface area contributed by atoms with E-state index in [1.807, 2.05) is 42.5 Å². The third kappa shape index (κ3) is 8.80. The minimum Gasteiger partial charge on any atom is -0.487 e. The highest BCUT2D eigenvalue weighted by Gasteiger charge is 2.32. The number of rotatable bonds is 11. The fourth-order valence-corrected chi connectivity index (χ4v) is 6.76. The van der Waals surface area contributed by atoms with Crippen LogP contribution in [0.25, 0.3) is 0 Å². The average molecular weight is 845 g/mol. The Kier molecular flexibility index (Phi) is 12.0. The molecule has 0 spiro atoms. The first-order chi connectivity index (χ1) is 20.7. The van der Waals surface area contributed by atoms with Crippen LogP contribution in [0.1, 0.15) is 36.6 Å². The van der Waals surface area contributed by atoms with Crippen LogP contribution >= 0.6 is 69.0 Å². The van der Waals surface area contributed by atoms with Crippen molar-refractivity contribution in [2.45, 2.75) is 26.5 Å². The van der Waals surface area contributed by atoms with Crippen molar-refractivity contribution in [3.8, 4) is 11.5 Å². The molecule has 9 nitrogen and oxygen atoms in total. The van der Waals surface area contributed by atoms with Gasteiger partial charge in [0, 0.05) is 21.8 Å². The molecule has 43 heavy (non-hydrogen) atoms. The molecule has 3 N–H and O–H groups in total. The van der Waals surface area contributed by atoms with Crippen LogP contribution in [-0.2, 0) is 20.9 Å². The number of carbonyl (C=O) groups excluding carboxylic acids is 2. The summed E-state index contributed by atoms with van der Waals surface area (Å²) in [5.41, 5.74) is 5.76. The van der Waals surface area contributed by atoms with Crippen molar-refractivity contribution in [3.63, 3.8) is 0 Å². The van der Waals surface area contributed by atoms with Crippen molar-refractivity contribution in [2.24, 2.45) is 5.10 Å². The Morgan fingerprint density at radius 2 is 1.79 bits per heavy atom. The normalized spacial score (nSPS) is 14.6. The quantitative estimate of drug-likeness (QED) is 0.0709. The molecule has 0 bridgehead atoms. The lowest BCUT2D eigenvalue weighted by molar-refractivity contribution is -0.139. The summed E-state index contributed by atoms with van der Waals surface area (Å²) in [6.45, 7) is 3.77. The zero-order valence-electron chi connectivity index (χ0n) is 23.1. The molecule has 0 saturated carbocycles. The molecule has 224 valence electrons. The maximum Gasteiger partial charge on any atom is 0.338 e. The molecule has 1 heterocycles. The second-order valence-electron chi connectivity index (χ2n) is 9.10. The summed E-state index contributed by atoms with van der Waals surface area (Å²) in [5, 5.41) is 11.2. The number of hydrogen-bond acceptors (Lipinski definition) is 7. The zero-order valence-corrected chi connectivity index (χ0v) is 29.0. The number of allylic oxidation sites excluding steroid dienone is 1. The molecule has 0 aliphatic carbocycles. The van der Waals surface area contributed by atoms with Crippen LogP contribution in [0.5, 0.6) is 11.5 Å². The summed E-state index contributed by atoms with van der Waals surface area (Å²) in [6, 6.07) is 17.8. The molecule has 0 unspecified atom stereocenters. The van der Waals surface area contributed by atoms with E-state index >= 15 is 0 Å². The summed E-state index contributed by atoms with van der Waals surface area (Å²) < 4.78 is 18.9. The lowest BCUT2D eigenvalue weighted by Gasteiger charge is -2.30. The summed E-state index contributed by atoms with van der Waals surface area (Å²) >= 11 is 16.0. The molecule has 1 aliphatic heterocycles. The Hall–Kier alpha value is -2.95. The number of hydrogen-bond donors (Lipinski definition) is 3. The summed E-state index contributed by atoms with van der Waals surface area (Å²) in [7, 11) is 0. The van der Waals surface area contributed by atoms with Crippen molar-refractivity contribution in [1.29, 1.82) is 0 Å². The van der Waals surface area contributed by atoms with Crippen LogP contribution in [0.15, 0.2) is 77.0 Å². The highest BCUT2D eigenvalue weighted by molar-refractivity contribution is 14.1. The molecule has 0 radical (unpaired) electrons. The number of nitrogens with zero attached hydrogens (tertiary/aromatic N) is 1. The van der Waals surface area contributed by atoms with Crippen LogP contribution in [0.4, 0.5) is 0 Å². The van der Waals surface area contributed by atoms with Gasteiger partial charge in [-0.05, 0) is 101 Å². The SMILES string of the molecule is CCOC(=O)C1=C(C)NC(=S)N[C@@H]1c1ccccc1OCC(=O)NN=Cc1cc(I)c(OCc2ccccc2Cl)c(I)c1. The first-order valence-electron chi connectivity index (χ1n) is 13.0. The summed E-state index contributed by atoms with van der Waals surface area (Å²) in [6.07, 6.45) is 1.55. The number of hydrazone groups is 1. The van der Waals surface area contributed by atoms with Gasteiger partial charge in [-0.3, -0.25) is 4.79 Å². The second-order valence-corrected chi connectivity index (χ2v) is 12.2. The van der Waals surface area contributed by atoms with Crippen molar-refractivity contribution < 1.29 is 23.8 Å². The van der Waals surface area contributed by atoms with Crippen molar-refractivity contribution in [1.82, 2.24) is 16.1 Å². The molecule has 1 aliphatic rings. The molecule has 3 aromatic rings. The van der Waals surface area contributed by atoms with Crippen LogP contribution in [0.2, 0.25) is 5.02 Å². The second kappa shape index (κ2) is 15.7. The van der Waals surface area contributed by atoms with Gasteiger partial charge in [0.1, 0.15) is 18.1 Å². The van der Waals surface area contributed by atoms with E-state index in [9.17, 15) is 9.59 Å². The first-order valence-corrected chi connectivity index (χ1v) is 16.0. The molecule has 0 fully saturated rings. The monoisotopic (exact) mass is 844 g/mol. The molecule has 0 saturated heterocycles. The van der Waals surface area contributed by atoms with Crippen molar-refractivity contribution in [2.75, 3.05) is 13.2 Å². The fourth-order valence-electron chi connectivity index (χ4n) is 4.17. The average Bonchev–Trinajstić information content (AvgIpc) is 2.96. The number of esters is 1. The number of amides is 1. The Bertz CT molecular complexity index is 1580. The highest BCUT2D eigenvalue weighted by Crippen LogP contribution is 2.34. The van der Waals surface area contributed by atoms with Gasteiger partial charge in [-0.25, -0.2) is 10.2 Å². The largest absolute Gasteiger partial charge is 0.487 e. The Labute approximate surface area is 287 Å². The molecule has 4 rings (SSSR count). The fraction of sp³-hybridized carbons (Fsp3) is 0.200. The van der Waals surface area contributed by atoms with Gasteiger partial charge in [0.25, 0.3) is 5.91 Å². The number of benzene rings is 3. The van der Waals surface area contributed by atoms with E-state index in [2.05, 4.69) is 66.3 Å². The zero-order chi connectivity index (χ0) is 30.9. The van der Waals surface area contributed by atoms with E-state index in [1.165, 1.54) is 0 Å². The van der Waals surface area contributed by atoms with E-state index in [0.29, 0.717) is 39.3 Å². The van der Waals surface area contributed by atoms with E-state index in [-0.39, 0.29) is 13.2 Å². The minimum absolute atomic E-state index is 0.228. The van der Waals surface area contributed by atoms with Gasteiger partial charge in [0.15, 0.2) is 11.7 Å². The predicted molar refractivity (Wildman–Crippen MR) is 186 cm³/mol. The molecule has 3 aromatic carbocycles. The van der Waals surface area contributed by atoms with Gasteiger partial charge in [-0.15, -0.1) is 0 Å². The smallest absolute Gasteiger partial charge is 0.338 e. The van der Waals surface area contributed by atoms with Crippen LogP contribution < -0.4 is 25.5 Å². The van der Waals surface area contributed by atoms with Crippen LogP contribution in [0.3, 0.4) is 0 Å². The van der Waals surface area contributed by atoms with Crippen LogP contribution in [-0.4, -0.2) is 36.4 Å². The lowest BCUT2D eigenvalue weighted by Crippen LogP contribution is -2.45.